The summed E-state index contributed by atoms with van der Waals surface area (Å²) in [5.74, 6) is 1.01. The number of halogens is 3. The summed E-state index contributed by atoms with van der Waals surface area (Å²) in [6.45, 7) is 5.23. The third-order valence-electron chi connectivity index (χ3n) is 6.90. The highest BCUT2D eigenvalue weighted by Gasteiger charge is 2.34. The van der Waals surface area contributed by atoms with E-state index in [0.717, 1.165) is 29.4 Å². The molecule has 226 valence electrons. The van der Waals surface area contributed by atoms with Crippen LogP contribution in [0.5, 0.6) is 11.5 Å². The SMILES string of the molecule is COc1ccc(CN(C)C(=O)CCc2ccc(C(=O)NCCc3ccccc3OCCC(C)C)cc2)c(C(F)(F)F)c1. The molecule has 3 aromatic rings. The van der Waals surface area contributed by atoms with Gasteiger partial charge in [-0.05, 0) is 72.2 Å². The maximum atomic E-state index is 13.5. The molecule has 2 amide bonds. The second-order valence-corrected chi connectivity index (χ2v) is 10.6. The monoisotopic (exact) mass is 584 g/mol. The summed E-state index contributed by atoms with van der Waals surface area (Å²) in [7, 11) is 2.78. The number of hydrogen-bond donors (Lipinski definition) is 1. The van der Waals surface area contributed by atoms with Crippen LogP contribution in [0.4, 0.5) is 13.2 Å². The molecule has 0 spiro atoms. The van der Waals surface area contributed by atoms with Gasteiger partial charge in [0, 0.05) is 32.1 Å². The first-order chi connectivity index (χ1) is 20.0. The van der Waals surface area contributed by atoms with Gasteiger partial charge in [0.2, 0.25) is 5.91 Å². The number of para-hydroxylation sites is 1. The van der Waals surface area contributed by atoms with Crippen LogP contribution >= 0.6 is 0 Å². The van der Waals surface area contributed by atoms with Crippen molar-refractivity contribution >= 4 is 11.8 Å². The minimum Gasteiger partial charge on any atom is -0.497 e. The van der Waals surface area contributed by atoms with Crippen LogP contribution in [0, 0.1) is 5.92 Å². The first kappa shape index (κ1) is 32.5. The van der Waals surface area contributed by atoms with Crippen molar-refractivity contribution in [1.29, 1.82) is 0 Å². The Morgan fingerprint density at radius 1 is 0.952 bits per heavy atom. The molecule has 9 heteroatoms. The number of amides is 2. The molecule has 3 rings (SSSR count). The second kappa shape index (κ2) is 15.3. The van der Waals surface area contributed by atoms with Crippen molar-refractivity contribution in [2.24, 2.45) is 5.92 Å². The van der Waals surface area contributed by atoms with E-state index in [9.17, 15) is 22.8 Å². The van der Waals surface area contributed by atoms with Crippen molar-refractivity contribution in [1.82, 2.24) is 10.2 Å². The normalized spacial score (nSPS) is 11.3. The van der Waals surface area contributed by atoms with Gasteiger partial charge < -0.3 is 19.7 Å². The van der Waals surface area contributed by atoms with Gasteiger partial charge in [-0.1, -0.05) is 50.2 Å². The van der Waals surface area contributed by atoms with Gasteiger partial charge in [-0.2, -0.15) is 13.2 Å². The van der Waals surface area contributed by atoms with E-state index in [1.165, 1.54) is 31.2 Å². The fraction of sp³-hybridized carbons (Fsp3) is 0.394. The molecule has 3 aromatic carbocycles. The van der Waals surface area contributed by atoms with Crippen molar-refractivity contribution < 1.29 is 32.2 Å². The van der Waals surface area contributed by atoms with Crippen LogP contribution in [0.2, 0.25) is 0 Å². The summed E-state index contributed by atoms with van der Waals surface area (Å²) in [6, 6.07) is 18.5. The predicted molar refractivity (Wildman–Crippen MR) is 157 cm³/mol. The quantitative estimate of drug-likeness (QED) is 0.229. The van der Waals surface area contributed by atoms with E-state index >= 15 is 0 Å². The Hall–Kier alpha value is -4.01. The minimum absolute atomic E-state index is 0.00310. The Bertz CT molecular complexity index is 1320. The fourth-order valence-electron chi connectivity index (χ4n) is 4.36. The lowest BCUT2D eigenvalue weighted by Crippen LogP contribution is -2.27. The molecular weight excluding hydrogens is 545 g/mol. The van der Waals surface area contributed by atoms with Crippen LogP contribution in [0.15, 0.2) is 66.7 Å². The maximum Gasteiger partial charge on any atom is 0.416 e. The number of carbonyl (C=O) groups excluding carboxylic acids is 2. The summed E-state index contributed by atoms with van der Waals surface area (Å²) < 4.78 is 51.4. The highest BCUT2D eigenvalue weighted by Crippen LogP contribution is 2.35. The Balaban J connectivity index is 1.48. The van der Waals surface area contributed by atoms with Gasteiger partial charge in [0.25, 0.3) is 5.91 Å². The number of nitrogens with one attached hydrogen (secondary N) is 1. The van der Waals surface area contributed by atoms with E-state index in [4.69, 9.17) is 9.47 Å². The van der Waals surface area contributed by atoms with Crippen LogP contribution in [-0.2, 0) is 30.4 Å². The predicted octanol–water partition coefficient (Wildman–Crippen LogP) is 6.70. The zero-order valence-corrected chi connectivity index (χ0v) is 24.6. The Morgan fingerprint density at radius 2 is 1.67 bits per heavy atom. The number of carbonyl (C=O) groups is 2. The number of alkyl halides is 3. The molecule has 0 aliphatic rings. The van der Waals surface area contributed by atoms with Gasteiger partial charge in [-0.15, -0.1) is 0 Å². The van der Waals surface area contributed by atoms with Gasteiger partial charge in [0.1, 0.15) is 11.5 Å². The molecule has 6 nitrogen and oxygen atoms in total. The van der Waals surface area contributed by atoms with Crippen LogP contribution in [0.1, 0.15) is 59.3 Å². The van der Waals surface area contributed by atoms with Crippen molar-refractivity contribution in [2.75, 3.05) is 27.3 Å². The van der Waals surface area contributed by atoms with E-state index in [2.05, 4.69) is 19.2 Å². The highest BCUT2D eigenvalue weighted by molar-refractivity contribution is 5.94. The van der Waals surface area contributed by atoms with E-state index in [1.807, 2.05) is 24.3 Å². The average Bonchev–Trinajstić information content (AvgIpc) is 2.96. The number of nitrogens with zero attached hydrogens (tertiary/aromatic N) is 1. The van der Waals surface area contributed by atoms with Crippen molar-refractivity contribution in [3.05, 3.63) is 94.5 Å². The lowest BCUT2D eigenvalue weighted by molar-refractivity contribution is -0.139. The van der Waals surface area contributed by atoms with E-state index in [-0.39, 0.29) is 36.1 Å². The summed E-state index contributed by atoms with van der Waals surface area (Å²) in [6.07, 6.45) is -2.43. The third-order valence-corrected chi connectivity index (χ3v) is 6.90. The molecule has 42 heavy (non-hydrogen) atoms. The molecule has 0 unspecified atom stereocenters. The first-order valence-corrected chi connectivity index (χ1v) is 14.0. The topological polar surface area (TPSA) is 67.9 Å². The van der Waals surface area contributed by atoms with Crippen molar-refractivity contribution in [3.8, 4) is 11.5 Å². The summed E-state index contributed by atoms with van der Waals surface area (Å²) >= 11 is 0. The summed E-state index contributed by atoms with van der Waals surface area (Å²) in [5, 5.41) is 2.94. The molecule has 0 aliphatic carbocycles. The van der Waals surface area contributed by atoms with E-state index in [1.54, 1.807) is 24.3 Å². The van der Waals surface area contributed by atoms with Gasteiger partial charge >= 0.3 is 6.18 Å². The molecule has 0 saturated carbocycles. The van der Waals surface area contributed by atoms with Gasteiger partial charge in [0.15, 0.2) is 0 Å². The zero-order chi connectivity index (χ0) is 30.7. The zero-order valence-electron chi connectivity index (χ0n) is 24.6. The van der Waals surface area contributed by atoms with Crippen molar-refractivity contribution in [2.45, 2.75) is 52.3 Å². The number of aryl methyl sites for hydroxylation is 1. The standard InChI is InChI=1S/C33H39F3N2O4/c1-23(2)18-20-42-30-8-6-5-7-25(30)17-19-37-32(40)26-12-9-24(10-13-26)11-16-31(39)38(3)22-27-14-15-28(41-4)21-29(27)33(34,35)36/h5-10,12-15,21,23H,11,16-20,22H2,1-4H3,(H,37,40). The molecule has 0 fully saturated rings. The summed E-state index contributed by atoms with van der Waals surface area (Å²) in [5.41, 5.74) is 1.56. The molecule has 0 heterocycles. The Labute approximate surface area is 245 Å². The smallest absolute Gasteiger partial charge is 0.416 e. The summed E-state index contributed by atoms with van der Waals surface area (Å²) in [4.78, 5) is 26.6. The minimum atomic E-state index is -4.56. The molecular formula is C33H39F3N2O4. The van der Waals surface area contributed by atoms with E-state index < -0.39 is 11.7 Å². The van der Waals surface area contributed by atoms with E-state index in [0.29, 0.717) is 37.5 Å². The maximum absolute atomic E-state index is 13.5. The fourth-order valence-corrected chi connectivity index (χ4v) is 4.36. The number of hydrogen-bond acceptors (Lipinski definition) is 4. The number of rotatable bonds is 14. The molecule has 1 N–H and O–H groups in total. The van der Waals surface area contributed by atoms with Gasteiger partial charge in [-0.3, -0.25) is 9.59 Å². The Kier molecular flexibility index (Phi) is 11.8. The highest BCUT2D eigenvalue weighted by atomic mass is 19.4. The molecule has 0 saturated heterocycles. The molecule has 0 aliphatic heterocycles. The molecule has 0 radical (unpaired) electrons. The number of benzene rings is 3. The lowest BCUT2D eigenvalue weighted by Gasteiger charge is -2.21. The van der Waals surface area contributed by atoms with Crippen molar-refractivity contribution in [3.63, 3.8) is 0 Å². The van der Waals surface area contributed by atoms with Crippen LogP contribution in [-0.4, -0.2) is 44.0 Å². The molecule has 0 aromatic heterocycles. The Morgan fingerprint density at radius 3 is 2.33 bits per heavy atom. The number of methoxy groups -OCH3 is 1. The number of ether oxygens (including phenoxy) is 2. The molecule has 0 bridgehead atoms. The third kappa shape index (κ3) is 9.82. The largest absolute Gasteiger partial charge is 0.497 e. The molecule has 0 atom stereocenters. The first-order valence-electron chi connectivity index (χ1n) is 14.0. The van der Waals surface area contributed by atoms with Gasteiger partial charge in [0.05, 0.1) is 19.3 Å². The lowest BCUT2D eigenvalue weighted by atomic mass is 10.0. The second-order valence-electron chi connectivity index (χ2n) is 10.6. The van der Waals surface area contributed by atoms with Gasteiger partial charge in [-0.25, -0.2) is 0 Å². The van der Waals surface area contributed by atoms with Crippen LogP contribution in [0.25, 0.3) is 0 Å². The average molecular weight is 585 g/mol. The van der Waals surface area contributed by atoms with Crippen LogP contribution in [0.3, 0.4) is 0 Å². The van der Waals surface area contributed by atoms with Crippen LogP contribution < -0.4 is 14.8 Å².